The summed E-state index contributed by atoms with van der Waals surface area (Å²) >= 11 is 0. The van der Waals surface area contributed by atoms with Crippen molar-refractivity contribution in [3.05, 3.63) is 12.2 Å². The highest BCUT2D eigenvalue weighted by atomic mass is 15.3. The van der Waals surface area contributed by atoms with E-state index in [9.17, 15) is 0 Å². The smallest absolute Gasteiger partial charge is 0.149 e. The van der Waals surface area contributed by atoms with E-state index in [2.05, 4.69) is 15.5 Å². The first-order valence-electron chi connectivity index (χ1n) is 5.45. The minimum Gasteiger partial charge on any atom is -0.319 e. The monoisotopic (exact) mass is 194 g/mol. The molecule has 4 heteroatoms. The zero-order chi connectivity index (χ0) is 9.80. The summed E-state index contributed by atoms with van der Waals surface area (Å²) in [7, 11) is 2.01. The van der Waals surface area contributed by atoms with Gasteiger partial charge >= 0.3 is 0 Å². The Balaban J connectivity index is 2.04. The van der Waals surface area contributed by atoms with Gasteiger partial charge in [-0.15, -0.1) is 10.2 Å². The standard InChI is InChI=1S/C10H18N4/c1-14-8-12-13-10(14)9-6-4-2-3-5-7-11-9/h8-9,11H,2-7H2,1H3. The second-order valence-electron chi connectivity index (χ2n) is 4.01. The molecule has 14 heavy (non-hydrogen) atoms. The number of nitrogens with one attached hydrogen (secondary N) is 1. The summed E-state index contributed by atoms with van der Waals surface area (Å²) in [5.74, 6) is 1.08. The van der Waals surface area contributed by atoms with E-state index in [1.54, 1.807) is 6.33 Å². The molecule has 2 heterocycles. The normalized spacial score (nSPS) is 24.2. The van der Waals surface area contributed by atoms with E-state index < -0.39 is 0 Å². The Morgan fingerprint density at radius 1 is 1.36 bits per heavy atom. The lowest BCUT2D eigenvalue weighted by Gasteiger charge is -2.20. The number of aryl methyl sites for hydroxylation is 1. The van der Waals surface area contributed by atoms with Crippen molar-refractivity contribution >= 4 is 0 Å². The predicted octanol–water partition coefficient (Wildman–Crippen LogP) is 1.41. The Morgan fingerprint density at radius 2 is 2.21 bits per heavy atom. The molecular formula is C10H18N4. The quantitative estimate of drug-likeness (QED) is 0.735. The van der Waals surface area contributed by atoms with Gasteiger partial charge in [-0.25, -0.2) is 0 Å². The molecule has 0 spiro atoms. The number of aromatic nitrogens is 3. The van der Waals surface area contributed by atoms with Crippen molar-refractivity contribution in [2.75, 3.05) is 6.54 Å². The number of hydrogen-bond acceptors (Lipinski definition) is 3. The van der Waals surface area contributed by atoms with Gasteiger partial charge in [0.2, 0.25) is 0 Å². The van der Waals surface area contributed by atoms with Crippen molar-refractivity contribution in [3.63, 3.8) is 0 Å². The van der Waals surface area contributed by atoms with Crippen LogP contribution in [0.2, 0.25) is 0 Å². The molecule has 1 fully saturated rings. The van der Waals surface area contributed by atoms with Gasteiger partial charge in [-0.1, -0.05) is 19.3 Å². The molecule has 1 aromatic heterocycles. The van der Waals surface area contributed by atoms with Crippen LogP contribution in [0.3, 0.4) is 0 Å². The van der Waals surface area contributed by atoms with Crippen LogP contribution in [0.15, 0.2) is 6.33 Å². The highest BCUT2D eigenvalue weighted by Crippen LogP contribution is 2.19. The maximum atomic E-state index is 4.16. The van der Waals surface area contributed by atoms with Crippen molar-refractivity contribution in [2.45, 2.75) is 38.1 Å². The van der Waals surface area contributed by atoms with Gasteiger partial charge in [0.15, 0.2) is 0 Å². The summed E-state index contributed by atoms with van der Waals surface area (Å²) in [4.78, 5) is 0. The van der Waals surface area contributed by atoms with Crippen LogP contribution in [0.1, 0.15) is 44.0 Å². The Labute approximate surface area is 84.7 Å². The number of nitrogens with zero attached hydrogens (tertiary/aromatic N) is 3. The van der Waals surface area contributed by atoms with Crippen LogP contribution in [-0.4, -0.2) is 21.3 Å². The van der Waals surface area contributed by atoms with E-state index in [4.69, 9.17) is 0 Å². The SMILES string of the molecule is Cn1cnnc1C1CCCCCCN1. The maximum Gasteiger partial charge on any atom is 0.149 e. The molecule has 0 aliphatic carbocycles. The van der Waals surface area contributed by atoms with Crippen LogP contribution in [-0.2, 0) is 7.05 Å². The summed E-state index contributed by atoms with van der Waals surface area (Å²) in [6.45, 7) is 1.11. The Kier molecular flexibility index (Phi) is 3.14. The van der Waals surface area contributed by atoms with Gasteiger partial charge in [0.25, 0.3) is 0 Å². The molecule has 1 atom stereocenters. The van der Waals surface area contributed by atoms with Gasteiger partial charge in [0, 0.05) is 7.05 Å². The molecule has 0 radical (unpaired) electrons. The van der Waals surface area contributed by atoms with Crippen LogP contribution in [0.25, 0.3) is 0 Å². The summed E-state index contributed by atoms with van der Waals surface area (Å²) < 4.78 is 2.01. The highest BCUT2D eigenvalue weighted by molar-refractivity contribution is 4.94. The third-order valence-corrected chi connectivity index (χ3v) is 2.87. The van der Waals surface area contributed by atoms with Crippen molar-refractivity contribution in [1.29, 1.82) is 0 Å². The zero-order valence-corrected chi connectivity index (χ0v) is 8.74. The minimum absolute atomic E-state index is 0.405. The predicted molar refractivity (Wildman–Crippen MR) is 54.8 cm³/mol. The maximum absolute atomic E-state index is 4.16. The third-order valence-electron chi connectivity index (χ3n) is 2.87. The van der Waals surface area contributed by atoms with Gasteiger partial charge in [0.1, 0.15) is 12.2 Å². The fraction of sp³-hybridized carbons (Fsp3) is 0.800. The lowest BCUT2D eigenvalue weighted by atomic mass is 10.0. The van der Waals surface area contributed by atoms with E-state index in [0.29, 0.717) is 6.04 Å². The minimum atomic E-state index is 0.405. The molecule has 1 N–H and O–H groups in total. The lowest BCUT2D eigenvalue weighted by Crippen LogP contribution is -2.26. The molecular weight excluding hydrogens is 176 g/mol. The Morgan fingerprint density at radius 3 is 3.00 bits per heavy atom. The first-order valence-corrected chi connectivity index (χ1v) is 5.45. The second-order valence-corrected chi connectivity index (χ2v) is 4.01. The van der Waals surface area contributed by atoms with E-state index in [1.807, 2.05) is 11.6 Å². The van der Waals surface area contributed by atoms with Crippen LogP contribution < -0.4 is 5.32 Å². The first-order chi connectivity index (χ1) is 6.88. The zero-order valence-electron chi connectivity index (χ0n) is 8.74. The van der Waals surface area contributed by atoms with Gasteiger partial charge in [0.05, 0.1) is 6.04 Å². The molecule has 0 bridgehead atoms. The average Bonchev–Trinajstić information content (AvgIpc) is 2.51. The van der Waals surface area contributed by atoms with E-state index in [1.165, 1.54) is 32.1 Å². The Hall–Kier alpha value is -0.900. The fourth-order valence-electron chi connectivity index (χ4n) is 2.03. The molecule has 0 aromatic carbocycles. The Bertz CT molecular complexity index is 273. The van der Waals surface area contributed by atoms with E-state index >= 15 is 0 Å². The molecule has 1 aliphatic rings. The third kappa shape index (κ3) is 2.12. The summed E-state index contributed by atoms with van der Waals surface area (Å²) in [5, 5.41) is 11.6. The van der Waals surface area contributed by atoms with Crippen molar-refractivity contribution in [2.24, 2.45) is 7.05 Å². The largest absolute Gasteiger partial charge is 0.319 e. The molecule has 1 saturated heterocycles. The molecule has 1 aliphatic heterocycles. The van der Waals surface area contributed by atoms with E-state index in [0.717, 1.165) is 12.4 Å². The second kappa shape index (κ2) is 4.55. The van der Waals surface area contributed by atoms with Crippen LogP contribution in [0, 0.1) is 0 Å². The number of rotatable bonds is 1. The molecule has 4 nitrogen and oxygen atoms in total. The molecule has 1 aromatic rings. The number of hydrogen-bond donors (Lipinski definition) is 1. The fourth-order valence-corrected chi connectivity index (χ4v) is 2.03. The van der Waals surface area contributed by atoms with Gasteiger partial charge in [-0.2, -0.15) is 0 Å². The van der Waals surface area contributed by atoms with Crippen molar-refractivity contribution in [1.82, 2.24) is 20.1 Å². The van der Waals surface area contributed by atoms with Gasteiger partial charge in [-0.3, -0.25) is 0 Å². The van der Waals surface area contributed by atoms with Crippen molar-refractivity contribution in [3.8, 4) is 0 Å². The van der Waals surface area contributed by atoms with Crippen LogP contribution in [0.5, 0.6) is 0 Å². The molecule has 2 rings (SSSR count). The molecule has 1 unspecified atom stereocenters. The van der Waals surface area contributed by atoms with E-state index in [-0.39, 0.29) is 0 Å². The van der Waals surface area contributed by atoms with Crippen LogP contribution in [0.4, 0.5) is 0 Å². The van der Waals surface area contributed by atoms with Gasteiger partial charge < -0.3 is 9.88 Å². The summed E-state index contributed by atoms with van der Waals surface area (Å²) in [6.07, 6.45) is 8.26. The van der Waals surface area contributed by atoms with Crippen molar-refractivity contribution < 1.29 is 0 Å². The molecule has 0 saturated carbocycles. The summed E-state index contributed by atoms with van der Waals surface area (Å²) in [6, 6.07) is 0.405. The molecule has 0 amide bonds. The topological polar surface area (TPSA) is 42.7 Å². The lowest BCUT2D eigenvalue weighted by molar-refractivity contribution is 0.406. The highest BCUT2D eigenvalue weighted by Gasteiger charge is 2.16. The first kappa shape index (κ1) is 9.65. The van der Waals surface area contributed by atoms with Crippen LogP contribution >= 0.6 is 0 Å². The average molecular weight is 194 g/mol. The summed E-state index contributed by atoms with van der Waals surface area (Å²) in [5.41, 5.74) is 0. The van der Waals surface area contributed by atoms with Gasteiger partial charge in [-0.05, 0) is 19.4 Å². The molecule has 78 valence electrons.